The summed E-state index contributed by atoms with van der Waals surface area (Å²) in [6, 6.07) is 3.45. The number of anilines is 2. The first-order valence-corrected chi connectivity index (χ1v) is 6.49. The van der Waals surface area contributed by atoms with Crippen LogP contribution in [0.15, 0.2) is 18.3 Å². The molecule has 7 nitrogen and oxygen atoms in total. The van der Waals surface area contributed by atoms with Crippen molar-refractivity contribution in [3.8, 4) is 0 Å². The van der Waals surface area contributed by atoms with Crippen LogP contribution in [0, 0.1) is 6.92 Å². The second kappa shape index (κ2) is 5.01. The molecule has 2 aromatic rings. The minimum Gasteiger partial charge on any atom is -0.464 e. The van der Waals surface area contributed by atoms with Crippen molar-refractivity contribution in [1.82, 2.24) is 15.0 Å². The molecule has 0 unspecified atom stereocenters. The van der Waals surface area contributed by atoms with Crippen LogP contribution in [-0.4, -0.2) is 28.0 Å². The maximum absolute atomic E-state index is 11.6. The normalized spacial score (nSPS) is 13.1. The zero-order chi connectivity index (χ0) is 15.0. The van der Waals surface area contributed by atoms with Crippen LogP contribution in [0.2, 0.25) is 0 Å². The third kappa shape index (κ3) is 2.49. The van der Waals surface area contributed by atoms with Crippen molar-refractivity contribution in [2.45, 2.75) is 20.0 Å². The lowest BCUT2D eigenvalue weighted by Crippen LogP contribution is -2.20. The van der Waals surface area contributed by atoms with E-state index in [4.69, 9.17) is 5.73 Å². The van der Waals surface area contributed by atoms with Gasteiger partial charge < -0.3 is 15.4 Å². The van der Waals surface area contributed by atoms with Crippen LogP contribution in [0.1, 0.15) is 27.3 Å². The molecule has 2 aromatic heterocycles. The molecule has 0 bridgehead atoms. The van der Waals surface area contributed by atoms with Crippen LogP contribution in [0.5, 0.6) is 0 Å². The highest BCUT2D eigenvalue weighted by Gasteiger charge is 2.23. The number of esters is 1. The zero-order valence-corrected chi connectivity index (χ0v) is 11.8. The van der Waals surface area contributed by atoms with Crippen molar-refractivity contribution in [3.05, 3.63) is 40.8 Å². The van der Waals surface area contributed by atoms with E-state index in [0.29, 0.717) is 19.0 Å². The van der Waals surface area contributed by atoms with E-state index in [1.165, 1.54) is 18.7 Å². The van der Waals surface area contributed by atoms with Gasteiger partial charge >= 0.3 is 5.97 Å². The number of nitrogens with two attached hydrogens (primary N) is 1. The van der Waals surface area contributed by atoms with Gasteiger partial charge in [-0.2, -0.15) is 4.98 Å². The number of aromatic nitrogens is 3. The van der Waals surface area contributed by atoms with Crippen molar-refractivity contribution >= 4 is 17.7 Å². The topological polar surface area (TPSA) is 94.2 Å². The third-order valence-corrected chi connectivity index (χ3v) is 3.35. The number of pyridine rings is 1. The van der Waals surface area contributed by atoms with Crippen LogP contribution < -0.4 is 10.6 Å². The predicted molar refractivity (Wildman–Crippen MR) is 76.6 cm³/mol. The van der Waals surface area contributed by atoms with Gasteiger partial charge in [-0.1, -0.05) is 0 Å². The molecule has 0 aromatic carbocycles. The zero-order valence-electron chi connectivity index (χ0n) is 11.8. The monoisotopic (exact) mass is 285 g/mol. The van der Waals surface area contributed by atoms with Crippen LogP contribution >= 0.6 is 0 Å². The first-order chi connectivity index (χ1) is 10.1. The first-order valence-electron chi connectivity index (χ1n) is 6.49. The van der Waals surface area contributed by atoms with E-state index in [2.05, 4.69) is 19.7 Å². The van der Waals surface area contributed by atoms with Crippen LogP contribution in [0.4, 0.5) is 11.8 Å². The van der Waals surface area contributed by atoms with Crippen molar-refractivity contribution in [2.24, 2.45) is 0 Å². The quantitative estimate of drug-likeness (QED) is 0.825. The summed E-state index contributed by atoms with van der Waals surface area (Å²) in [4.78, 5) is 26.3. The van der Waals surface area contributed by atoms with Gasteiger partial charge in [-0.05, 0) is 24.1 Å². The molecule has 3 rings (SSSR count). The molecule has 7 heteroatoms. The number of rotatable bonds is 2. The highest BCUT2D eigenvalue weighted by molar-refractivity contribution is 5.88. The average Bonchev–Trinajstić information content (AvgIpc) is 2.88. The number of fused-ring (bicyclic) bond motifs is 1. The van der Waals surface area contributed by atoms with E-state index in [0.717, 1.165) is 11.3 Å². The summed E-state index contributed by atoms with van der Waals surface area (Å²) in [5, 5.41) is 0. The van der Waals surface area contributed by atoms with Crippen LogP contribution in [0.3, 0.4) is 0 Å². The molecule has 2 N–H and O–H groups in total. The van der Waals surface area contributed by atoms with Gasteiger partial charge in [-0.25, -0.2) is 9.78 Å². The molecule has 108 valence electrons. The van der Waals surface area contributed by atoms with Crippen molar-refractivity contribution in [1.29, 1.82) is 0 Å². The van der Waals surface area contributed by atoms with Crippen LogP contribution in [0.25, 0.3) is 0 Å². The predicted octanol–water partition coefficient (Wildman–Crippen LogP) is 1.07. The van der Waals surface area contributed by atoms with E-state index in [9.17, 15) is 4.79 Å². The summed E-state index contributed by atoms with van der Waals surface area (Å²) < 4.78 is 4.67. The van der Waals surface area contributed by atoms with Gasteiger partial charge in [0, 0.05) is 31.0 Å². The molecule has 21 heavy (non-hydrogen) atoms. The molecule has 0 radical (unpaired) electrons. The fourth-order valence-electron chi connectivity index (χ4n) is 2.35. The Labute approximate surface area is 121 Å². The molecule has 0 atom stereocenters. The largest absolute Gasteiger partial charge is 0.464 e. The number of carbonyl (C=O) groups is 1. The Morgan fingerprint density at radius 1 is 1.29 bits per heavy atom. The summed E-state index contributed by atoms with van der Waals surface area (Å²) in [5.41, 5.74) is 9.20. The summed E-state index contributed by atoms with van der Waals surface area (Å²) in [5.74, 6) is 0.134. The molecule has 0 fully saturated rings. The maximum atomic E-state index is 11.6. The Balaban J connectivity index is 1.92. The van der Waals surface area contributed by atoms with E-state index < -0.39 is 5.97 Å². The SMILES string of the molecule is COC(=O)c1cc(N)nc(N2Cc3cnc(C)cc3C2)n1. The second-order valence-electron chi connectivity index (χ2n) is 4.92. The van der Waals surface area contributed by atoms with Gasteiger partial charge in [-0.15, -0.1) is 0 Å². The number of hydrogen-bond acceptors (Lipinski definition) is 7. The van der Waals surface area contributed by atoms with Gasteiger partial charge in [0.2, 0.25) is 5.95 Å². The molecule has 0 saturated carbocycles. The number of nitrogens with zero attached hydrogens (tertiary/aromatic N) is 4. The Morgan fingerprint density at radius 3 is 2.81 bits per heavy atom. The molecule has 0 saturated heterocycles. The third-order valence-electron chi connectivity index (χ3n) is 3.35. The molecule has 0 spiro atoms. The fourth-order valence-corrected chi connectivity index (χ4v) is 2.35. The van der Waals surface area contributed by atoms with Gasteiger partial charge in [0.25, 0.3) is 0 Å². The molecule has 0 aliphatic carbocycles. The summed E-state index contributed by atoms with van der Waals surface area (Å²) >= 11 is 0. The van der Waals surface area contributed by atoms with E-state index in [1.54, 1.807) is 0 Å². The highest BCUT2D eigenvalue weighted by Crippen LogP contribution is 2.26. The minimum atomic E-state index is -0.528. The molecular formula is C14H15N5O2. The number of nitrogen functional groups attached to an aromatic ring is 1. The van der Waals surface area contributed by atoms with Crippen LogP contribution in [-0.2, 0) is 17.8 Å². The number of methoxy groups -OCH3 is 1. The van der Waals surface area contributed by atoms with Gasteiger partial charge in [-0.3, -0.25) is 4.98 Å². The Hall–Kier alpha value is -2.70. The Kier molecular flexibility index (Phi) is 3.17. The number of ether oxygens (including phenoxy) is 1. The van der Waals surface area contributed by atoms with E-state index in [1.807, 2.05) is 24.1 Å². The minimum absolute atomic E-state index is 0.158. The van der Waals surface area contributed by atoms with Crippen molar-refractivity contribution in [3.63, 3.8) is 0 Å². The van der Waals surface area contributed by atoms with Crippen molar-refractivity contribution < 1.29 is 9.53 Å². The lowest BCUT2D eigenvalue weighted by atomic mass is 10.2. The van der Waals surface area contributed by atoms with E-state index >= 15 is 0 Å². The average molecular weight is 285 g/mol. The number of carbonyl (C=O) groups excluding carboxylic acids is 1. The molecule has 3 heterocycles. The molecule has 1 aliphatic heterocycles. The Bertz CT molecular complexity index is 717. The second-order valence-corrected chi connectivity index (χ2v) is 4.92. The molecular weight excluding hydrogens is 270 g/mol. The number of hydrogen-bond donors (Lipinski definition) is 1. The maximum Gasteiger partial charge on any atom is 0.356 e. The van der Waals surface area contributed by atoms with Gasteiger partial charge in [0.15, 0.2) is 5.69 Å². The first kappa shape index (κ1) is 13.3. The van der Waals surface area contributed by atoms with E-state index in [-0.39, 0.29) is 11.5 Å². The van der Waals surface area contributed by atoms with Gasteiger partial charge in [0.05, 0.1) is 7.11 Å². The smallest absolute Gasteiger partial charge is 0.356 e. The summed E-state index contributed by atoms with van der Waals surface area (Å²) in [6.07, 6.45) is 1.86. The lowest BCUT2D eigenvalue weighted by Gasteiger charge is -2.16. The molecule has 0 amide bonds. The lowest BCUT2D eigenvalue weighted by molar-refractivity contribution is 0.0594. The fraction of sp³-hybridized carbons (Fsp3) is 0.286. The van der Waals surface area contributed by atoms with Crippen molar-refractivity contribution in [2.75, 3.05) is 17.7 Å². The highest BCUT2D eigenvalue weighted by atomic mass is 16.5. The summed E-state index contributed by atoms with van der Waals surface area (Å²) in [7, 11) is 1.31. The number of aryl methyl sites for hydroxylation is 1. The van der Waals surface area contributed by atoms with Gasteiger partial charge in [0.1, 0.15) is 5.82 Å². The summed E-state index contributed by atoms with van der Waals surface area (Å²) in [6.45, 7) is 3.27. The Morgan fingerprint density at radius 2 is 2.05 bits per heavy atom. The standard InChI is InChI=1S/C14H15N5O2/c1-8-3-9-6-19(7-10(9)5-16-8)14-17-11(13(20)21-2)4-12(15)18-14/h3-5H,6-7H2,1-2H3,(H2,15,17,18). The molecule has 1 aliphatic rings.